The Kier molecular flexibility index (Phi) is 4.94. The summed E-state index contributed by atoms with van der Waals surface area (Å²) in [6.45, 7) is 3.07. The van der Waals surface area contributed by atoms with Crippen LogP contribution in [0.25, 0.3) is 0 Å². The second-order valence-electron chi connectivity index (χ2n) is 2.54. The highest BCUT2D eigenvalue weighted by Gasteiger charge is 2.09. The molecule has 1 unspecified atom stereocenters. The fourth-order valence-electron chi connectivity index (χ4n) is 0.354. The second kappa shape index (κ2) is 5.23. The van der Waals surface area contributed by atoms with Gasteiger partial charge in [-0.05, 0) is 13.3 Å². The molecule has 1 atom stereocenters. The number of carbonyl (C=O) groups is 1. The molecule has 1 rings (SSSR count). The van der Waals surface area contributed by atoms with Crippen LogP contribution in [0.5, 0.6) is 0 Å². The number of rotatable bonds is 1. The Morgan fingerprint density at radius 1 is 1.60 bits per heavy atom. The van der Waals surface area contributed by atoms with Crippen molar-refractivity contribution in [2.24, 2.45) is 0 Å². The summed E-state index contributed by atoms with van der Waals surface area (Å²) in [5.74, 6) is 0. The molecule has 0 aliphatic carbocycles. The van der Waals surface area contributed by atoms with Gasteiger partial charge in [-0.25, -0.2) is 0 Å². The number of carbonyl (C=O) groups excluding carboxylic acids is 1. The van der Waals surface area contributed by atoms with E-state index in [-0.39, 0.29) is 0 Å². The number of ether oxygens (including phenoxy) is 1. The van der Waals surface area contributed by atoms with Gasteiger partial charge in [-0.3, -0.25) is 4.79 Å². The third-order valence-electron chi connectivity index (χ3n) is 1.14. The van der Waals surface area contributed by atoms with Gasteiger partial charge in [0.1, 0.15) is 0 Å². The van der Waals surface area contributed by atoms with E-state index in [2.05, 4.69) is 6.92 Å². The molecule has 1 saturated heterocycles. The van der Waals surface area contributed by atoms with Gasteiger partial charge in [0.15, 0.2) is 0 Å². The maximum atomic E-state index is 9.43. The molecule has 3 nitrogen and oxygen atoms in total. The molecule has 0 spiro atoms. The van der Waals surface area contributed by atoms with Crippen LogP contribution < -0.4 is 0 Å². The first-order valence-corrected chi connectivity index (χ1v) is 3.40. The third-order valence-corrected chi connectivity index (χ3v) is 1.14. The third kappa shape index (κ3) is 5.56. The van der Waals surface area contributed by atoms with Crippen molar-refractivity contribution >= 4 is 6.41 Å². The molecule has 0 aromatic heterocycles. The van der Waals surface area contributed by atoms with Crippen LogP contribution in [0.4, 0.5) is 0 Å². The van der Waals surface area contributed by atoms with Gasteiger partial charge in [-0.1, -0.05) is 0 Å². The van der Waals surface area contributed by atoms with Crippen molar-refractivity contribution in [1.29, 1.82) is 0 Å². The van der Waals surface area contributed by atoms with Crippen LogP contribution in [0.2, 0.25) is 0 Å². The summed E-state index contributed by atoms with van der Waals surface area (Å²) in [6.07, 6.45) is 2.58. The SMILES string of the molecule is CC1CCO1.CN(C)C=O. The fraction of sp³-hybridized carbons (Fsp3) is 0.857. The van der Waals surface area contributed by atoms with Crippen molar-refractivity contribution in [3.05, 3.63) is 0 Å². The molecule has 1 aliphatic heterocycles. The van der Waals surface area contributed by atoms with Crippen molar-refractivity contribution in [3.8, 4) is 0 Å². The first kappa shape index (κ1) is 9.43. The lowest BCUT2D eigenvalue weighted by atomic mass is 10.2. The Labute approximate surface area is 62.0 Å². The average molecular weight is 145 g/mol. The summed E-state index contributed by atoms with van der Waals surface area (Å²) in [4.78, 5) is 10.9. The van der Waals surface area contributed by atoms with Crippen molar-refractivity contribution in [2.45, 2.75) is 19.4 Å². The number of amides is 1. The van der Waals surface area contributed by atoms with Crippen molar-refractivity contribution in [1.82, 2.24) is 4.90 Å². The van der Waals surface area contributed by atoms with Crippen LogP contribution in [0.3, 0.4) is 0 Å². The normalized spacial score (nSPS) is 21.7. The maximum absolute atomic E-state index is 9.43. The molecule has 0 bridgehead atoms. The van der Waals surface area contributed by atoms with E-state index >= 15 is 0 Å². The van der Waals surface area contributed by atoms with E-state index < -0.39 is 0 Å². The topological polar surface area (TPSA) is 29.5 Å². The van der Waals surface area contributed by atoms with Gasteiger partial charge >= 0.3 is 0 Å². The van der Waals surface area contributed by atoms with Gasteiger partial charge in [-0.2, -0.15) is 0 Å². The van der Waals surface area contributed by atoms with Crippen LogP contribution >= 0.6 is 0 Å². The zero-order valence-corrected chi connectivity index (χ0v) is 6.83. The van der Waals surface area contributed by atoms with Crippen molar-refractivity contribution in [3.63, 3.8) is 0 Å². The highest BCUT2D eigenvalue weighted by atomic mass is 16.5. The van der Waals surface area contributed by atoms with Gasteiger partial charge in [-0.15, -0.1) is 0 Å². The minimum Gasteiger partial charge on any atom is -0.378 e. The molecule has 1 heterocycles. The Morgan fingerprint density at radius 2 is 1.90 bits per heavy atom. The van der Waals surface area contributed by atoms with Gasteiger partial charge in [0, 0.05) is 20.7 Å². The van der Waals surface area contributed by atoms with E-state index in [1.54, 1.807) is 14.1 Å². The van der Waals surface area contributed by atoms with Crippen LogP contribution in [-0.2, 0) is 9.53 Å². The van der Waals surface area contributed by atoms with E-state index in [9.17, 15) is 4.79 Å². The summed E-state index contributed by atoms with van der Waals surface area (Å²) in [6, 6.07) is 0. The highest BCUT2D eigenvalue weighted by Crippen LogP contribution is 2.07. The maximum Gasteiger partial charge on any atom is 0.209 e. The Morgan fingerprint density at radius 3 is 1.90 bits per heavy atom. The first-order valence-electron chi connectivity index (χ1n) is 3.40. The van der Waals surface area contributed by atoms with E-state index in [1.165, 1.54) is 11.3 Å². The Bertz CT molecular complexity index is 89.6. The number of hydrogen-bond acceptors (Lipinski definition) is 2. The quantitative estimate of drug-likeness (QED) is 0.503. The predicted molar refractivity (Wildman–Crippen MR) is 39.8 cm³/mol. The standard InChI is InChI=1S/C4H8O.C3H7NO/c1-4-2-3-5-4;1-4(2)3-5/h4H,2-3H2,1H3;3H,1-2H3. The smallest absolute Gasteiger partial charge is 0.209 e. The average Bonchev–Trinajstić information content (AvgIpc) is 1.85. The molecule has 0 aromatic carbocycles. The number of nitrogens with zero attached hydrogens (tertiary/aromatic N) is 1. The lowest BCUT2D eigenvalue weighted by Crippen LogP contribution is -2.22. The molecule has 3 heteroatoms. The van der Waals surface area contributed by atoms with E-state index in [1.807, 2.05) is 0 Å². The van der Waals surface area contributed by atoms with Crippen LogP contribution in [0.1, 0.15) is 13.3 Å². The summed E-state index contributed by atoms with van der Waals surface area (Å²) < 4.78 is 4.93. The van der Waals surface area contributed by atoms with Crippen LogP contribution in [0, 0.1) is 0 Å². The molecule has 0 radical (unpaired) electrons. The van der Waals surface area contributed by atoms with Crippen LogP contribution in [0.15, 0.2) is 0 Å². The molecule has 1 amide bonds. The minimum atomic E-state index is 0.565. The lowest BCUT2D eigenvalue weighted by Gasteiger charge is -2.20. The molecule has 0 N–H and O–H groups in total. The van der Waals surface area contributed by atoms with Gasteiger partial charge in [0.2, 0.25) is 6.41 Å². The lowest BCUT2D eigenvalue weighted by molar-refractivity contribution is -0.115. The summed E-state index contributed by atoms with van der Waals surface area (Å²) in [5.41, 5.74) is 0. The van der Waals surface area contributed by atoms with Gasteiger partial charge < -0.3 is 9.64 Å². The molecular formula is C7H15NO2. The van der Waals surface area contributed by atoms with Crippen molar-refractivity contribution in [2.75, 3.05) is 20.7 Å². The number of hydrogen-bond donors (Lipinski definition) is 0. The van der Waals surface area contributed by atoms with E-state index in [4.69, 9.17) is 4.74 Å². The molecule has 60 valence electrons. The molecule has 10 heavy (non-hydrogen) atoms. The summed E-state index contributed by atoms with van der Waals surface area (Å²) in [7, 11) is 3.38. The Balaban J connectivity index is 0.000000162. The van der Waals surface area contributed by atoms with E-state index in [0.29, 0.717) is 6.10 Å². The summed E-state index contributed by atoms with van der Waals surface area (Å²) in [5, 5.41) is 0. The largest absolute Gasteiger partial charge is 0.378 e. The predicted octanol–water partition coefficient (Wildman–Crippen LogP) is 0.500. The van der Waals surface area contributed by atoms with Gasteiger partial charge in [0.25, 0.3) is 0 Å². The first-order chi connectivity index (χ1) is 4.66. The molecule has 0 aromatic rings. The summed E-state index contributed by atoms with van der Waals surface area (Å²) >= 11 is 0. The molecule has 1 fully saturated rings. The molecule has 0 saturated carbocycles. The van der Waals surface area contributed by atoms with Crippen molar-refractivity contribution < 1.29 is 9.53 Å². The zero-order chi connectivity index (χ0) is 7.98. The zero-order valence-electron chi connectivity index (χ0n) is 6.83. The van der Waals surface area contributed by atoms with E-state index in [0.717, 1.165) is 13.0 Å². The monoisotopic (exact) mass is 145 g/mol. The Hall–Kier alpha value is -0.570. The fourth-order valence-corrected chi connectivity index (χ4v) is 0.354. The molecule has 1 aliphatic rings. The second-order valence-corrected chi connectivity index (χ2v) is 2.54. The van der Waals surface area contributed by atoms with Crippen LogP contribution in [-0.4, -0.2) is 38.1 Å². The molecular weight excluding hydrogens is 130 g/mol. The van der Waals surface area contributed by atoms with Gasteiger partial charge in [0.05, 0.1) is 6.10 Å². The highest BCUT2D eigenvalue weighted by molar-refractivity contribution is 5.45. The minimum absolute atomic E-state index is 0.565.